The van der Waals surface area contributed by atoms with E-state index in [1.807, 2.05) is 0 Å². The van der Waals surface area contributed by atoms with Gasteiger partial charge >= 0.3 is 0 Å². The van der Waals surface area contributed by atoms with Gasteiger partial charge in [0.2, 0.25) is 0 Å². The third-order valence-corrected chi connectivity index (χ3v) is 2.32. The van der Waals surface area contributed by atoms with Gasteiger partial charge in [0.15, 0.2) is 0 Å². The SMILES string of the molecule is Cc1occc1C(=O)N(C)CCC(C)O. The maximum atomic E-state index is 11.8. The van der Waals surface area contributed by atoms with Crippen LogP contribution in [0.25, 0.3) is 0 Å². The van der Waals surface area contributed by atoms with Crippen molar-refractivity contribution in [2.45, 2.75) is 26.4 Å². The Balaban J connectivity index is 2.57. The third-order valence-electron chi connectivity index (χ3n) is 2.32. The van der Waals surface area contributed by atoms with E-state index < -0.39 is 0 Å². The summed E-state index contributed by atoms with van der Waals surface area (Å²) in [5.74, 6) is 0.561. The Bertz CT molecular complexity index is 330. The molecular formula is C11H17NO3. The molecule has 4 nitrogen and oxygen atoms in total. The van der Waals surface area contributed by atoms with E-state index in [1.54, 1.807) is 31.9 Å². The Morgan fingerprint density at radius 2 is 2.33 bits per heavy atom. The Hall–Kier alpha value is -1.29. The zero-order chi connectivity index (χ0) is 11.4. The van der Waals surface area contributed by atoms with E-state index in [4.69, 9.17) is 9.52 Å². The molecule has 0 aliphatic carbocycles. The van der Waals surface area contributed by atoms with Crippen molar-refractivity contribution in [3.8, 4) is 0 Å². The molecule has 1 N–H and O–H groups in total. The fourth-order valence-corrected chi connectivity index (χ4v) is 1.29. The molecule has 0 spiro atoms. The number of aliphatic hydroxyl groups excluding tert-OH is 1. The molecular weight excluding hydrogens is 194 g/mol. The first-order valence-corrected chi connectivity index (χ1v) is 5.00. The van der Waals surface area contributed by atoms with Crippen LogP contribution in [0.3, 0.4) is 0 Å². The first kappa shape index (κ1) is 11.8. The number of hydrogen-bond donors (Lipinski definition) is 1. The fraction of sp³-hybridized carbons (Fsp3) is 0.545. The number of furan rings is 1. The molecule has 0 saturated carbocycles. The molecule has 1 heterocycles. The van der Waals surface area contributed by atoms with Crippen LogP contribution < -0.4 is 0 Å². The summed E-state index contributed by atoms with van der Waals surface area (Å²) in [5, 5.41) is 9.11. The largest absolute Gasteiger partial charge is 0.469 e. The molecule has 1 atom stereocenters. The van der Waals surface area contributed by atoms with E-state index >= 15 is 0 Å². The number of rotatable bonds is 4. The molecule has 1 aromatic heterocycles. The number of carbonyl (C=O) groups is 1. The lowest BCUT2D eigenvalue weighted by Gasteiger charge is -2.17. The quantitative estimate of drug-likeness (QED) is 0.819. The van der Waals surface area contributed by atoms with Crippen molar-refractivity contribution >= 4 is 5.91 Å². The van der Waals surface area contributed by atoms with Crippen LogP contribution in [0.1, 0.15) is 29.5 Å². The predicted octanol–water partition coefficient (Wildman–Crippen LogP) is 1.43. The molecule has 4 heteroatoms. The number of hydrogen-bond acceptors (Lipinski definition) is 3. The van der Waals surface area contributed by atoms with Gasteiger partial charge in [-0.3, -0.25) is 4.79 Å². The molecule has 1 amide bonds. The van der Waals surface area contributed by atoms with Crippen LogP contribution >= 0.6 is 0 Å². The third kappa shape index (κ3) is 3.09. The van der Waals surface area contributed by atoms with Crippen molar-refractivity contribution in [2.75, 3.05) is 13.6 Å². The average Bonchev–Trinajstić information content (AvgIpc) is 2.59. The molecule has 1 rings (SSSR count). The van der Waals surface area contributed by atoms with Gasteiger partial charge in [-0.2, -0.15) is 0 Å². The summed E-state index contributed by atoms with van der Waals surface area (Å²) in [7, 11) is 1.72. The highest BCUT2D eigenvalue weighted by Gasteiger charge is 2.15. The van der Waals surface area contributed by atoms with Crippen LogP contribution in [0.2, 0.25) is 0 Å². The van der Waals surface area contributed by atoms with E-state index in [-0.39, 0.29) is 12.0 Å². The maximum absolute atomic E-state index is 11.8. The second-order valence-electron chi connectivity index (χ2n) is 3.75. The average molecular weight is 211 g/mol. The molecule has 0 bridgehead atoms. The van der Waals surface area contributed by atoms with Crippen LogP contribution in [-0.4, -0.2) is 35.6 Å². The van der Waals surface area contributed by atoms with Crippen LogP contribution in [-0.2, 0) is 0 Å². The highest BCUT2D eigenvalue weighted by atomic mass is 16.3. The van der Waals surface area contributed by atoms with Crippen LogP contribution in [0.15, 0.2) is 16.7 Å². The molecule has 0 aliphatic rings. The van der Waals surface area contributed by atoms with Gasteiger partial charge in [0.05, 0.1) is 17.9 Å². The number of carbonyl (C=O) groups excluding carboxylic acids is 1. The minimum absolute atomic E-state index is 0.0677. The maximum Gasteiger partial charge on any atom is 0.257 e. The number of aliphatic hydroxyl groups is 1. The number of aryl methyl sites for hydroxylation is 1. The van der Waals surface area contributed by atoms with E-state index in [0.717, 1.165) is 0 Å². The lowest BCUT2D eigenvalue weighted by atomic mass is 10.2. The van der Waals surface area contributed by atoms with Gasteiger partial charge in [0.1, 0.15) is 5.76 Å². The molecule has 0 saturated heterocycles. The highest BCUT2D eigenvalue weighted by molar-refractivity contribution is 5.94. The van der Waals surface area contributed by atoms with Crippen LogP contribution in [0, 0.1) is 6.92 Å². The standard InChI is InChI=1S/C11H17NO3/c1-8(13)4-6-12(3)11(14)10-5-7-15-9(10)2/h5,7-8,13H,4,6H2,1-3H3. The summed E-state index contributed by atoms with van der Waals surface area (Å²) >= 11 is 0. The predicted molar refractivity (Wildman–Crippen MR) is 56.7 cm³/mol. The summed E-state index contributed by atoms with van der Waals surface area (Å²) in [6.07, 6.45) is 1.70. The van der Waals surface area contributed by atoms with Crippen molar-refractivity contribution in [3.63, 3.8) is 0 Å². The van der Waals surface area contributed by atoms with Crippen molar-refractivity contribution in [1.29, 1.82) is 0 Å². The molecule has 0 radical (unpaired) electrons. The molecule has 1 aromatic rings. The number of amides is 1. The van der Waals surface area contributed by atoms with E-state index in [2.05, 4.69) is 0 Å². The Morgan fingerprint density at radius 1 is 1.67 bits per heavy atom. The molecule has 0 aliphatic heterocycles. The summed E-state index contributed by atoms with van der Waals surface area (Å²) < 4.78 is 5.06. The zero-order valence-corrected chi connectivity index (χ0v) is 9.36. The minimum Gasteiger partial charge on any atom is -0.469 e. The molecule has 15 heavy (non-hydrogen) atoms. The van der Waals surface area contributed by atoms with Gasteiger partial charge < -0.3 is 14.4 Å². The van der Waals surface area contributed by atoms with Gasteiger partial charge in [0, 0.05) is 13.6 Å². The normalized spacial score (nSPS) is 12.5. The van der Waals surface area contributed by atoms with E-state index in [9.17, 15) is 4.79 Å². The van der Waals surface area contributed by atoms with Crippen molar-refractivity contribution in [1.82, 2.24) is 4.90 Å². The van der Waals surface area contributed by atoms with Crippen molar-refractivity contribution in [3.05, 3.63) is 23.7 Å². The van der Waals surface area contributed by atoms with E-state index in [1.165, 1.54) is 6.26 Å². The monoisotopic (exact) mass is 211 g/mol. The molecule has 1 unspecified atom stereocenters. The summed E-state index contributed by atoms with van der Waals surface area (Å²) in [4.78, 5) is 13.4. The van der Waals surface area contributed by atoms with Crippen LogP contribution in [0.4, 0.5) is 0 Å². The first-order chi connectivity index (χ1) is 7.02. The smallest absolute Gasteiger partial charge is 0.257 e. The molecule has 84 valence electrons. The molecule has 0 aromatic carbocycles. The lowest BCUT2D eigenvalue weighted by Crippen LogP contribution is -2.29. The van der Waals surface area contributed by atoms with Crippen LogP contribution in [0.5, 0.6) is 0 Å². The summed E-state index contributed by atoms with van der Waals surface area (Å²) in [6.45, 7) is 4.01. The van der Waals surface area contributed by atoms with Gasteiger partial charge in [-0.05, 0) is 26.3 Å². The molecule has 0 fully saturated rings. The topological polar surface area (TPSA) is 53.7 Å². The summed E-state index contributed by atoms with van der Waals surface area (Å²) in [6, 6.07) is 1.66. The summed E-state index contributed by atoms with van der Waals surface area (Å²) in [5.41, 5.74) is 0.586. The van der Waals surface area contributed by atoms with Gasteiger partial charge in [-0.1, -0.05) is 0 Å². The van der Waals surface area contributed by atoms with Crippen molar-refractivity contribution in [2.24, 2.45) is 0 Å². The highest BCUT2D eigenvalue weighted by Crippen LogP contribution is 2.11. The van der Waals surface area contributed by atoms with Gasteiger partial charge in [-0.15, -0.1) is 0 Å². The van der Waals surface area contributed by atoms with Gasteiger partial charge in [-0.25, -0.2) is 0 Å². The fourth-order valence-electron chi connectivity index (χ4n) is 1.29. The second kappa shape index (κ2) is 4.98. The first-order valence-electron chi connectivity index (χ1n) is 5.00. The number of nitrogens with zero attached hydrogens (tertiary/aromatic N) is 1. The Kier molecular flexibility index (Phi) is 3.91. The zero-order valence-electron chi connectivity index (χ0n) is 9.36. The van der Waals surface area contributed by atoms with E-state index in [0.29, 0.717) is 24.3 Å². The van der Waals surface area contributed by atoms with Gasteiger partial charge in [0.25, 0.3) is 5.91 Å². The second-order valence-corrected chi connectivity index (χ2v) is 3.75. The minimum atomic E-state index is -0.384. The Labute approximate surface area is 89.5 Å². The Morgan fingerprint density at radius 3 is 2.80 bits per heavy atom. The van der Waals surface area contributed by atoms with Crippen molar-refractivity contribution < 1.29 is 14.3 Å². The lowest BCUT2D eigenvalue weighted by molar-refractivity contribution is 0.0767.